The molecule has 0 radical (unpaired) electrons. The topological polar surface area (TPSA) is 85.2 Å². The number of rotatable bonds is 5. The maximum atomic E-state index is 12.5. The summed E-state index contributed by atoms with van der Waals surface area (Å²) in [6.07, 6.45) is 1.35. The fraction of sp³-hybridized carbons (Fsp3) is 0.500. The van der Waals surface area contributed by atoms with Crippen molar-refractivity contribution in [2.24, 2.45) is 5.92 Å². The van der Waals surface area contributed by atoms with Crippen LogP contribution in [0.25, 0.3) is 0 Å². The van der Waals surface area contributed by atoms with Crippen LogP contribution in [0, 0.1) is 17.2 Å². The molecule has 3 amide bonds. The molecule has 0 saturated heterocycles. The number of fused-ring (bicyclic) bond motifs is 1. The molecule has 6 nitrogen and oxygen atoms in total. The highest BCUT2D eigenvalue weighted by Gasteiger charge is 2.26. The Morgan fingerprint density at radius 1 is 1.29 bits per heavy atom. The number of hydrogen-bond donors (Lipinski definition) is 2. The molecule has 0 aliphatic carbocycles. The van der Waals surface area contributed by atoms with E-state index < -0.39 is 6.04 Å². The lowest BCUT2D eigenvalue weighted by molar-refractivity contribution is -0.123. The average Bonchev–Trinajstić information content (AvgIpc) is 2.58. The first-order valence-corrected chi connectivity index (χ1v) is 8.28. The van der Waals surface area contributed by atoms with Crippen molar-refractivity contribution in [1.29, 1.82) is 5.26 Å². The molecule has 1 aliphatic rings. The normalized spacial score (nSPS) is 14.5. The molecule has 0 aromatic heterocycles. The fourth-order valence-corrected chi connectivity index (χ4v) is 2.86. The molecule has 1 aromatic carbocycles. The number of nitrogens with one attached hydrogen (secondary N) is 2. The quantitative estimate of drug-likeness (QED) is 0.808. The van der Waals surface area contributed by atoms with Crippen LogP contribution in [0.2, 0.25) is 0 Å². The van der Waals surface area contributed by atoms with Gasteiger partial charge in [0.1, 0.15) is 12.6 Å². The third kappa shape index (κ3) is 4.72. The van der Waals surface area contributed by atoms with Gasteiger partial charge in [0.05, 0.1) is 6.07 Å². The third-order valence-corrected chi connectivity index (χ3v) is 4.08. The molecule has 6 heteroatoms. The summed E-state index contributed by atoms with van der Waals surface area (Å²) < 4.78 is 0. The van der Waals surface area contributed by atoms with Gasteiger partial charge in [-0.15, -0.1) is 0 Å². The van der Waals surface area contributed by atoms with E-state index in [1.807, 2.05) is 38.1 Å². The molecular weight excluding hydrogens is 304 g/mol. The summed E-state index contributed by atoms with van der Waals surface area (Å²) in [6, 6.07) is 9.11. The first-order chi connectivity index (χ1) is 11.5. The maximum absolute atomic E-state index is 12.5. The lowest BCUT2D eigenvalue weighted by Gasteiger charge is -2.30. The van der Waals surface area contributed by atoms with Crippen LogP contribution in [-0.4, -0.2) is 36.0 Å². The summed E-state index contributed by atoms with van der Waals surface area (Å²) in [5.41, 5.74) is 2.42. The largest absolute Gasteiger partial charge is 0.341 e. The van der Waals surface area contributed by atoms with Crippen molar-refractivity contribution in [2.75, 3.05) is 13.1 Å². The van der Waals surface area contributed by atoms with Gasteiger partial charge in [-0.2, -0.15) is 5.26 Å². The van der Waals surface area contributed by atoms with Gasteiger partial charge >= 0.3 is 6.03 Å². The summed E-state index contributed by atoms with van der Waals surface area (Å²) in [6.45, 7) is 5.12. The van der Waals surface area contributed by atoms with E-state index in [1.54, 1.807) is 4.90 Å². The first-order valence-electron chi connectivity index (χ1n) is 8.28. The number of benzene rings is 1. The summed E-state index contributed by atoms with van der Waals surface area (Å²) in [5, 5.41) is 13.9. The van der Waals surface area contributed by atoms with Crippen molar-refractivity contribution in [3.8, 4) is 6.07 Å². The second-order valence-corrected chi connectivity index (χ2v) is 6.45. The Morgan fingerprint density at radius 2 is 2.00 bits per heavy atom. The van der Waals surface area contributed by atoms with Crippen LogP contribution >= 0.6 is 0 Å². The zero-order chi connectivity index (χ0) is 17.5. The van der Waals surface area contributed by atoms with Gasteiger partial charge < -0.3 is 15.5 Å². The Kier molecular flexibility index (Phi) is 6.19. The van der Waals surface area contributed by atoms with Gasteiger partial charge in [-0.05, 0) is 29.9 Å². The van der Waals surface area contributed by atoms with Crippen molar-refractivity contribution in [1.82, 2.24) is 15.5 Å². The van der Waals surface area contributed by atoms with Gasteiger partial charge in [0.2, 0.25) is 5.91 Å². The van der Waals surface area contributed by atoms with Crippen LogP contribution in [0.5, 0.6) is 0 Å². The minimum absolute atomic E-state index is 0.0552. The van der Waals surface area contributed by atoms with Gasteiger partial charge in [0, 0.05) is 13.1 Å². The predicted molar refractivity (Wildman–Crippen MR) is 91.0 cm³/mol. The van der Waals surface area contributed by atoms with E-state index in [-0.39, 0.29) is 24.4 Å². The molecule has 2 N–H and O–H groups in total. The van der Waals surface area contributed by atoms with Crippen molar-refractivity contribution in [2.45, 2.75) is 39.3 Å². The Balaban J connectivity index is 2.00. The summed E-state index contributed by atoms with van der Waals surface area (Å²) in [5.74, 6) is -0.0544. The van der Waals surface area contributed by atoms with Gasteiger partial charge in [-0.3, -0.25) is 4.79 Å². The molecule has 0 bridgehead atoms. The molecular formula is C18H24N4O2. The SMILES string of the molecule is CC(C)C[C@H](NC(=O)N1CCc2ccccc2C1)C(=O)NCC#N. The van der Waals surface area contributed by atoms with E-state index in [0.717, 1.165) is 12.0 Å². The standard InChI is InChI=1S/C18H24N4O2/c1-13(2)11-16(17(23)20-9-8-19)21-18(24)22-10-7-14-5-3-4-6-15(14)12-22/h3-6,13,16H,7,9-12H2,1-2H3,(H,20,23)(H,21,24)/t16-/m0/s1. The number of carbonyl (C=O) groups is 2. The lowest BCUT2D eigenvalue weighted by atomic mass is 10.00. The molecule has 2 rings (SSSR count). The Morgan fingerprint density at radius 3 is 2.67 bits per heavy atom. The van der Waals surface area contributed by atoms with Crippen molar-refractivity contribution < 1.29 is 9.59 Å². The van der Waals surface area contributed by atoms with E-state index in [1.165, 1.54) is 5.56 Å². The lowest BCUT2D eigenvalue weighted by Crippen LogP contribution is -2.52. The minimum Gasteiger partial charge on any atom is -0.341 e. The Hall–Kier alpha value is -2.55. The van der Waals surface area contributed by atoms with Gasteiger partial charge in [0.25, 0.3) is 0 Å². The molecule has 0 saturated carbocycles. The van der Waals surface area contributed by atoms with Crippen LogP contribution < -0.4 is 10.6 Å². The molecule has 1 aliphatic heterocycles. The summed E-state index contributed by atoms with van der Waals surface area (Å²) >= 11 is 0. The van der Waals surface area contributed by atoms with E-state index >= 15 is 0 Å². The van der Waals surface area contributed by atoms with Gasteiger partial charge in [-0.25, -0.2) is 4.79 Å². The average molecular weight is 328 g/mol. The molecule has 24 heavy (non-hydrogen) atoms. The van der Waals surface area contributed by atoms with E-state index in [2.05, 4.69) is 16.7 Å². The maximum Gasteiger partial charge on any atom is 0.318 e. The van der Waals surface area contributed by atoms with E-state index in [0.29, 0.717) is 19.5 Å². The van der Waals surface area contributed by atoms with Gasteiger partial charge in [-0.1, -0.05) is 38.1 Å². The summed E-state index contributed by atoms with van der Waals surface area (Å²) in [7, 11) is 0. The fourth-order valence-electron chi connectivity index (χ4n) is 2.86. The molecule has 0 spiro atoms. The number of amides is 3. The Bertz CT molecular complexity index is 636. The predicted octanol–water partition coefficient (Wildman–Crippen LogP) is 1.81. The van der Waals surface area contributed by atoms with Gasteiger partial charge in [0.15, 0.2) is 0 Å². The zero-order valence-electron chi connectivity index (χ0n) is 14.2. The number of urea groups is 1. The monoisotopic (exact) mass is 328 g/mol. The second kappa shape index (κ2) is 8.34. The van der Waals surface area contributed by atoms with Crippen LogP contribution in [0.4, 0.5) is 4.79 Å². The Labute approximate surface area is 142 Å². The molecule has 0 unspecified atom stereocenters. The highest BCUT2D eigenvalue weighted by atomic mass is 16.2. The van der Waals surface area contributed by atoms with E-state index in [9.17, 15) is 9.59 Å². The second-order valence-electron chi connectivity index (χ2n) is 6.45. The molecule has 1 aromatic rings. The van der Waals surface area contributed by atoms with Crippen LogP contribution in [0.15, 0.2) is 24.3 Å². The highest BCUT2D eigenvalue weighted by Crippen LogP contribution is 2.18. The van der Waals surface area contributed by atoms with E-state index in [4.69, 9.17) is 5.26 Å². The smallest absolute Gasteiger partial charge is 0.318 e. The van der Waals surface area contributed by atoms with Crippen molar-refractivity contribution in [3.05, 3.63) is 35.4 Å². The number of nitrogens with zero attached hydrogens (tertiary/aromatic N) is 2. The molecule has 1 heterocycles. The number of carbonyl (C=O) groups excluding carboxylic acids is 2. The van der Waals surface area contributed by atoms with Crippen LogP contribution in [-0.2, 0) is 17.8 Å². The summed E-state index contributed by atoms with van der Waals surface area (Å²) in [4.78, 5) is 26.4. The first kappa shape index (κ1) is 17.8. The van der Waals surface area contributed by atoms with Crippen LogP contribution in [0.3, 0.4) is 0 Å². The molecule has 128 valence electrons. The minimum atomic E-state index is -0.622. The van der Waals surface area contributed by atoms with Crippen LogP contribution in [0.1, 0.15) is 31.4 Å². The van der Waals surface area contributed by atoms with Crippen molar-refractivity contribution in [3.63, 3.8) is 0 Å². The molecule has 1 atom stereocenters. The number of hydrogen-bond acceptors (Lipinski definition) is 3. The van der Waals surface area contributed by atoms with Crippen molar-refractivity contribution >= 4 is 11.9 Å². The zero-order valence-corrected chi connectivity index (χ0v) is 14.2. The molecule has 0 fully saturated rings. The highest BCUT2D eigenvalue weighted by molar-refractivity contribution is 5.87. The third-order valence-electron chi connectivity index (χ3n) is 4.08. The number of nitriles is 1.